The minimum Gasteiger partial charge on any atom is -0.361 e. The summed E-state index contributed by atoms with van der Waals surface area (Å²) >= 11 is 6.16. The van der Waals surface area contributed by atoms with Gasteiger partial charge in [-0.25, -0.2) is 4.98 Å². The van der Waals surface area contributed by atoms with Crippen LogP contribution in [-0.4, -0.2) is 20.4 Å². The normalized spacial score (nSPS) is 19.4. The van der Waals surface area contributed by atoms with E-state index < -0.39 is 6.04 Å². The second-order valence-electron chi connectivity index (χ2n) is 8.26. The van der Waals surface area contributed by atoms with Crippen molar-refractivity contribution < 1.29 is 4.79 Å². The van der Waals surface area contributed by atoms with Gasteiger partial charge in [-0.05, 0) is 35.7 Å². The summed E-state index contributed by atoms with van der Waals surface area (Å²) in [5.74, 6) is 0.591. The number of carbonyl (C=O) groups excluding carboxylic acids is 1. The van der Waals surface area contributed by atoms with Crippen molar-refractivity contribution in [1.29, 1.82) is 0 Å². The summed E-state index contributed by atoms with van der Waals surface area (Å²) in [5.41, 5.74) is 2.36. The quantitative estimate of drug-likeness (QED) is 0.495. The number of amides is 1. The molecule has 31 heavy (non-hydrogen) atoms. The zero-order valence-electron chi connectivity index (χ0n) is 17.4. The molecule has 3 atom stereocenters. The molecule has 2 aromatic heterocycles. The third kappa shape index (κ3) is 3.22. The van der Waals surface area contributed by atoms with Gasteiger partial charge < -0.3 is 10.3 Å². The second kappa shape index (κ2) is 7.54. The molecule has 2 unspecified atom stereocenters. The molecule has 0 saturated carbocycles. The summed E-state index contributed by atoms with van der Waals surface area (Å²) in [6.45, 7) is 4.13. The van der Waals surface area contributed by atoms with Crippen molar-refractivity contribution in [2.75, 3.05) is 0 Å². The molecule has 2 aromatic carbocycles. The molecule has 3 heterocycles. The van der Waals surface area contributed by atoms with E-state index in [-0.39, 0.29) is 23.4 Å². The highest BCUT2D eigenvalue weighted by molar-refractivity contribution is 6.31. The van der Waals surface area contributed by atoms with Crippen LogP contribution in [0.25, 0.3) is 21.8 Å². The van der Waals surface area contributed by atoms with Crippen molar-refractivity contribution in [2.24, 2.45) is 5.92 Å². The molecule has 0 bridgehead atoms. The number of hydrogen-bond acceptors (Lipinski definition) is 3. The number of halogens is 1. The van der Waals surface area contributed by atoms with E-state index in [4.69, 9.17) is 16.6 Å². The van der Waals surface area contributed by atoms with Gasteiger partial charge in [0, 0.05) is 28.5 Å². The number of aromatic nitrogens is 3. The smallest absolute Gasteiger partial charge is 0.262 e. The van der Waals surface area contributed by atoms with Crippen LogP contribution in [0.1, 0.15) is 43.7 Å². The van der Waals surface area contributed by atoms with Gasteiger partial charge in [0.25, 0.3) is 5.56 Å². The SMILES string of the molecule is CC[C@@H](C)C1NC(=O)C(Cc2c[nH]c3ccccc23)n2c1nc1ccc(Cl)cc1c2=O. The van der Waals surface area contributed by atoms with Gasteiger partial charge in [-0.1, -0.05) is 50.1 Å². The number of nitrogens with zero attached hydrogens (tertiary/aromatic N) is 2. The third-order valence-electron chi connectivity index (χ3n) is 6.38. The summed E-state index contributed by atoms with van der Waals surface area (Å²) in [6, 6.07) is 12.1. The van der Waals surface area contributed by atoms with E-state index in [1.165, 1.54) is 0 Å². The van der Waals surface area contributed by atoms with Gasteiger partial charge >= 0.3 is 0 Å². The molecule has 0 spiro atoms. The Hall–Kier alpha value is -3.12. The maximum absolute atomic E-state index is 13.6. The highest BCUT2D eigenvalue weighted by Gasteiger charge is 2.37. The molecular weight excluding hydrogens is 412 g/mol. The predicted octanol–water partition coefficient (Wildman–Crippen LogP) is 4.53. The van der Waals surface area contributed by atoms with Gasteiger partial charge in [-0.15, -0.1) is 0 Å². The lowest BCUT2D eigenvalue weighted by Crippen LogP contribution is -2.50. The lowest BCUT2D eigenvalue weighted by Gasteiger charge is -2.35. The molecular formula is C24H23ClN4O2. The van der Waals surface area contributed by atoms with E-state index in [1.807, 2.05) is 30.5 Å². The predicted molar refractivity (Wildman–Crippen MR) is 122 cm³/mol. The number of benzene rings is 2. The Labute approximate surface area is 184 Å². The van der Waals surface area contributed by atoms with E-state index in [0.717, 1.165) is 22.9 Å². The second-order valence-corrected chi connectivity index (χ2v) is 8.69. The molecule has 0 fully saturated rings. The summed E-state index contributed by atoms with van der Waals surface area (Å²) in [4.78, 5) is 35.0. The first-order valence-corrected chi connectivity index (χ1v) is 10.9. The van der Waals surface area contributed by atoms with Crippen LogP contribution < -0.4 is 10.9 Å². The van der Waals surface area contributed by atoms with Gasteiger partial charge in [0.05, 0.1) is 16.9 Å². The van der Waals surface area contributed by atoms with Crippen LogP contribution in [0.4, 0.5) is 0 Å². The molecule has 2 N–H and O–H groups in total. The maximum Gasteiger partial charge on any atom is 0.262 e. The first kappa shape index (κ1) is 19.8. The standard InChI is InChI=1S/C24H23ClN4O2/c1-3-13(2)21-22-27-19-9-8-15(25)11-17(19)24(31)29(22)20(23(30)28-21)10-14-12-26-18-7-5-4-6-16(14)18/h4-9,11-13,20-21,26H,3,10H2,1-2H3,(H,28,30)/t13-,20?,21?/m1/s1. The molecule has 0 radical (unpaired) electrons. The van der Waals surface area contributed by atoms with E-state index in [2.05, 4.69) is 24.1 Å². The van der Waals surface area contributed by atoms with Crippen molar-refractivity contribution in [2.45, 2.75) is 38.8 Å². The summed E-state index contributed by atoms with van der Waals surface area (Å²) < 4.78 is 1.59. The largest absolute Gasteiger partial charge is 0.361 e. The van der Waals surface area contributed by atoms with E-state index in [1.54, 1.807) is 22.8 Å². The molecule has 6 nitrogen and oxygen atoms in total. The average molecular weight is 435 g/mol. The van der Waals surface area contributed by atoms with E-state index in [9.17, 15) is 9.59 Å². The van der Waals surface area contributed by atoms with E-state index >= 15 is 0 Å². The van der Waals surface area contributed by atoms with Gasteiger partial charge in [0.15, 0.2) is 0 Å². The molecule has 158 valence electrons. The Morgan fingerprint density at radius 3 is 2.77 bits per heavy atom. The number of para-hydroxylation sites is 1. The van der Waals surface area contributed by atoms with Crippen molar-refractivity contribution in [1.82, 2.24) is 19.9 Å². The average Bonchev–Trinajstić information content (AvgIpc) is 3.18. The van der Waals surface area contributed by atoms with Gasteiger partial charge in [0.1, 0.15) is 11.9 Å². The van der Waals surface area contributed by atoms with Crippen molar-refractivity contribution >= 4 is 39.3 Å². The van der Waals surface area contributed by atoms with Crippen LogP contribution in [0.5, 0.6) is 0 Å². The minimum atomic E-state index is -0.683. The highest BCUT2D eigenvalue weighted by Crippen LogP contribution is 2.32. The number of rotatable bonds is 4. The van der Waals surface area contributed by atoms with Crippen molar-refractivity contribution in [3.05, 3.63) is 75.4 Å². The first-order chi connectivity index (χ1) is 15.0. The molecule has 1 aliphatic rings. The van der Waals surface area contributed by atoms with Crippen LogP contribution in [-0.2, 0) is 11.2 Å². The Bertz CT molecular complexity index is 1370. The highest BCUT2D eigenvalue weighted by atomic mass is 35.5. The summed E-state index contributed by atoms with van der Waals surface area (Å²) in [5, 5.41) is 5.09. The summed E-state index contributed by atoms with van der Waals surface area (Å²) in [7, 11) is 0. The number of nitrogens with one attached hydrogen (secondary N) is 2. The van der Waals surface area contributed by atoms with Crippen LogP contribution in [0.3, 0.4) is 0 Å². The zero-order valence-corrected chi connectivity index (χ0v) is 18.1. The van der Waals surface area contributed by atoms with Crippen LogP contribution in [0.15, 0.2) is 53.5 Å². The monoisotopic (exact) mass is 434 g/mol. The fraction of sp³-hybridized carbons (Fsp3) is 0.292. The fourth-order valence-electron chi connectivity index (χ4n) is 4.47. The Morgan fingerprint density at radius 2 is 1.97 bits per heavy atom. The molecule has 1 aliphatic heterocycles. The topological polar surface area (TPSA) is 79.8 Å². The van der Waals surface area contributed by atoms with Crippen LogP contribution in [0.2, 0.25) is 5.02 Å². The van der Waals surface area contributed by atoms with Crippen LogP contribution in [0, 0.1) is 5.92 Å². The Morgan fingerprint density at radius 1 is 1.16 bits per heavy atom. The third-order valence-corrected chi connectivity index (χ3v) is 6.62. The number of H-pyrrole nitrogens is 1. The van der Waals surface area contributed by atoms with E-state index in [0.29, 0.717) is 28.2 Å². The Balaban J connectivity index is 1.71. The lowest BCUT2D eigenvalue weighted by atomic mass is 9.93. The van der Waals surface area contributed by atoms with Gasteiger partial charge in [-0.3, -0.25) is 14.2 Å². The maximum atomic E-state index is 13.6. The van der Waals surface area contributed by atoms with Gasteiger partial charge in [-0.2, -0.15) is 0 Å². The molecule has 0 aliphatic carbocycles. The van der Waals surface area contributed by atoms with Crippen molar-refractivity contribution in [3.8, 4) is 0 Å². The molecule has 7 heteroatoms. The molecule has 4 aromatic rings. The van der Waals surface area contributed by atoms with Gasteiger partial charge in [0.2, 0.25) is 5.91 Å². The fourth-order valence-corrected chi connectivity index (χ4v) is 4.64. The minimum absolute atomic E-state index is 0.140. The molecule has 0 saturated heterocycles. The molecule has 5 rings (SSSR count). The van der Waals surface area contributed by atoms with Crippen LogP contribution >= 0.6 is 11.6 Å². The molecule has 1 amide bonds. The Kier molecular flexibility index (Phi) is 4.82. The lowest BCUT2D eigenvalue weighted by molar-refractivity contribution is -0.127. The first-order valence-electron chi connectivity index (χ1n) is 10.5. The summed E-state index contributed by atoms with van der Waals surface area (Å²) in [6.07, 6.45) is 3.16. The number of carbonyl (C=O) groups is 1. The number of hydrogen-bond donors (Lipinski definition) is 2. The number of aromatic amines is 1. The zero-order chi connectivity index (χ0) is 21.7. The number of fused-ring (bicyclic) bond motifs is 3. The van der Waals surface area contributed by atoms with Crippen molar-refractivity contribution in [3.63, 3.8) is 0 Å².